The second-order valence-corrected chi connectivity index (χ2v) is 15.0. The molecule has 0 aliphatic carbocycles. The Balaban J connectivity index is 0. The molecule has 1 N–H and O–H groups in total. The summed E-state index contributed by atoms with van der Waals surface area (Å²) in [6.07, 6.45) is 0. The van der Waals surface area contributed by atoms with Gasteiger partial charge in [-0.15, -0.1) is 0 Å². The highest BCUT2D eigenvalue weighted by Gasteiger charge is 2.10. The highest BCUT2D eigenvalue weighted by atomic mass is 16.6. The quantitative estimate of drug-likeness (QED) is 0.103. The van der Waals surface area contributed by atoms with E-state index >= 15 is 0 Å². The number of nitrogens with one attached hydrogen (secondary N) is 1. The van der Waals surface area contributed by atoms with Gasteiger partial charge in [-0.2, -0.15) is 0 Å². The first-order valence-corrected chi connectivity index (χ1v) is 17.7. The zero-order valence-corrected chi connectivity index (χ0v) is 33.1. The van der Waals surface area contributed by atoms with Gasteiger partial charge in [-0.3, -0.25) is 0 Å². The fourth-order valence-corrected chi connectivity index (χ4v) is 3.24. The fourth-order valence-electron chi connectivity index (χ4n) is 3.24. The van der Waals surface area contributed by atoms with E-state index in [1.54, 1.807) is 0 Å². The van der Waals surface area contributed by atoms with Crippen molar-refractivity contribution in [3.05, 3.63) is 0 Å². The third kappa shape index (κ3) is 52.3. The molecular weight excluding hydrogens is 622 g/mol. The molecule has 12 nitrogen and oxygen atoms in total. The number of rotatable bonds is 30. The van der Waals surface area contributed by atoms with Gasteiger partial charge in [0.15, 0.2) is 0 Å². The minimum Gasteiger partial charge on any atom is -0.378 e. The molecule has 0 bridgehead atoms. The van der Waals surface area contributed by atoms with Gasteiger partial charge in [0.25, 0.3) is 0 Å². The van der Waals surface area contributed by atoms with Crippen molar-refractivity contribution in [2.45, 2.75) is 105 Å². The highest BCUT2D eigenvalue weighted by molar-refractivity contribution is 4.69. The summed E-state index contributed by atoms with van der Waals surface area (Å²) >= 11 is 0. The average Bonchev–Trinajstić information content (AvgIpc) is 2.95. The lowest BCUT2D eigenvalue weighted by Gasteiger charge is -2.20. The lowest BCUT2D eigenvalue weighted by molar-refractivity contribution is -0.0511. The van der Waals surface area contributed by atoms with Crippen LogP contribution in [-0.4, -0.2) is 154 Å². The SMILES string of the molecule is CC(C)(C)NCCOCCOCCOCCOCCOC(C)(C)C.CC(C)(C)OCCOCCOCCOCCOCCOC(C)(C)C. The summed E-state index contributed by atoms with van der Waals surface area (Å²) in [7, 11) is 0. The first kappa shape index (κ1) is 49.6. The van der Waals surface area contributed by atoms with E-state index in [0.717, 1.165) is 6.54 Å². The minimum absolute atomic E-state index is 0.107. The largest absolute Gasteiger partial charge is 0.378 e. The van der Waals surface area contributed by atoms with E-state index in [4.69, 9.17) is 52.1 Å². The molecule has 0 atom stereocenters. The summed E-state index contributed by atoms with van der Waals surface area (Å²) in [6, 6.07) is 0. The van der Waals surface area contributed by atoms with Gasteiger partial charge in [-0.25, -0.2) is 0 Å². The van der Waals surface area contributed by atoms with Crippen molar-refractivity contribution in [1.29, 1.82) is 0 Å². The molecule has 48 heavy (non-hydrogen) atoms. The predicted molar refractivity (Wildman–Crippen MR) is 191 cm³/mol. The van der Waals surface area contributed by atoms with E-state index in [9.17, 15) is 0 Å². The molecule has 0 amide bonds. The van der Waals surface area contributed by atoms with Gasteiger partial charge in [0.1, 0.15) is 0 Å². The molecule has 0 saturated carbocycles. The lowest BCUT2D eigenvalue weighted by atomic mass is 10.1. The topological polar surface area (TPSA) is 114 Å². The van der Waals surface area contributed by atoms with Gasteiger partial charge in [-0.05, 0) is 83.1 Å². The van der Waals surface area contributed by atoms with Gasteiger partial charge in [0.2, 0.25) is 0 Å². The standard InChI is InChI=1S/C18H39NO5.C18H38O6/c1-17(2,3)19-7-8-20-9-10-21-11-12-22-13-14-23-15-16-24-18(4,5)6;1-17(2,3)23-15-13-21-11-9-19-7-8-20-10-12-22-14-16-24-18(4,5)6/h19H,7-16H2,1-6H3;7-16H2,1-6H3. The molecule has 0 fully saturated rings. The highest BCUT2D eigenvalue weighted by Crippen LogP contribution is 2.07. The first-order valence-electron chi connectivity index (χ1n) is 17.7. The maximum absolute atomic E-state index is 5.55. The van der Waals surface area contributed by atoms with Crippen LogP contribution in [0.2, 0.25) is 0 Å². The second kappa shape index (κ2) is 31.3. The van der Waals surface area contributed by atoms with Crippen LogP contribution in [0, 0.1) is 0 Å². The maximum Gasteiger partial charge on any atom is 0.0707 e. The molecular formula is C36H77NO11. The molecule has 0 aromatic rings. The Morgan fingerprint density at radius 3 is 0.646 bits per heavy atom. The van der Waals surface area contributed by atoms with E-state index in [1.807, 2.05) is 62.3 Å². The van der Waals surface area contributed by atoms with Gasteiger partial charge in [0.05, 0.1) is 142 Å². The third-order valence-corrected chi connectivity index (χ3v) is 5.42. The molecule has 0 aliphatic heterocycles. The van der Waals surface area contributed by atoms with Gasteiger partial charge < -0.3 is 57.4 Å². The first-order chi connectivity index (χ1) is 22.4. The van der Waals surface area contributed by atoms with Crippen molar-refractivity contribution in [3.8, 4) is 0 Å². The Morgan fingerprint density at radius 2 is 0.458 bits per heavy atom. The van der Waals surface area contributed by atoms with E-state index in [1.165, 1.54) is 0 Å². The van der Waals surface area contributed by atoms with Crippen LogP contribution in [0.3, 0.4) is 0 Å². The van der Waals surface area contributed by atoms with Gasteiger partial charge in [-0.1, -0.05) is 0 Å². The number of ether oxygens (including phenoxy) is 11. The average molecular weight is 700 g/mol. The third-order valence-electron chi connectivity index (χ3n) is 5.42. The summed E-state index contributed by atoms with van der Waals surface area (Å²) in [4.78, 5) is 0. The van der Waals surface area contributed by atoms with E-state index < -0.39 is 0 Å². The second-order valence-electron chi connectivity index (χ2n) is 15.0. The van der Waals surface area contributed by atoms with Crippen molar-refractivity contribution in [3.63, 3.8) is 0 Å². The fraction of sp³-hybridized carbons (Fsp3) is 1.00. The Kier molecular flexibility index (Phi) is 32.3. The Bertz CT molecular complexity index is 544. The van der Waals surface area contributed by atoms with Gasteiger partial charge >= 0.3 is 0 Å². The molecule has 0 aromatic carbocycles. The van der Waals surface area contributed by atoms with Crippen molar-refractivity contribution in [2.24, 2.45) is 0 Å². The number of hydrogen-bond acceptors (Lipinski definition) is 12. The van der Waals surface area contributed by atoms with Gasteiger partial charge in [0, 0.05) is 12.1 Å². The van der Waals surface area contributed by atoms with Crippen LogP contribution in [0.4, 0.5) is 0 Å². The Hall–Kier alpha value is -0.480. The lowest BCUT2D eigenvalue weighted by Crippen LogP contribution is -2.38. The van der Waals surface area contributed by atoms with E-state index in [-0.39, 0.29) is 22.3 Å². The summed E-state index contributed by atoms with van der Waals surface area (Å²) in [5, 5.41) is 3.37. The van der Waals surface area contributed by atoms with Crippen molar-refractivity contribution in [2.75, 3.05) is 132 Å². The summed E-state index contributed by atoms with van der Waals surface area (Å²) in [5.74, 6) is 0. The van der Waals surface area contributed by atoms with Crippen LogP contribution >= 0.6 is 0 Å². The summed E-state index contributed by atoms with van der Waals surface area (Å²) in [5.41, 5.74) is -0.189. The monoisotopic (exact) mass is 700 g/mol. The molecule has 12 heteroatoms. The van der Waals surface area contributed by atoms with Crippen LogP contribution in [-0.2, 0) is 52.1 Å². The molecule has 0 aromatic heterocycles. The van der Waals surface area contributed by atoms with Crippen molar-refractivity contribution < 1.29 is 52.1 Å². The van der Waals surface area contributed by atoms with Crippen molar-refractivity contribution >= 4 is 0 Å². The minimum atomic E-state index is -0.111. The molecule has 0 rings (SSSR count). The molecule has 0 aliphatic rings. The van der Waals surface area contributed by atoms with Crippen LogP contribution < -0.4 is 5.32 Å². The van der Waals surface area contributed by atoms with E-state index in [0.29, 0.717) is 126 Å². The molecule has 0 heterocycles. The molecule has 0 radical (unpaired) electrons. The van der Waals surface area contributed by atoms with Crippen LogP contribution in [0.1, 0.15) is 83.1 Å². The summed E-state index contributed by atoms with van der Waals surface area (Å²) < 4.78 is 60.0. The predicted octanol–water partition coefficient (Wildman–Crippen LogP) is 4.94. The zero-order chi connectivity index (χ0) is 36.6. The van der Waals surface area contributed by atoms with Crippen molar-refractivity contribution in [1.82, 2.24) is 5.32 Å². The maximum atomic E-state index is 5.55. The molecule has 0 unspecified atom stereocenters. The van der Waals surface area contributed by atoms with Crippen LogP contribution in [0.25, 0.3) is 0 Å². The van der Waals surface area contributed by atoms with Crippen LogP contribution in [0.15, 0.2) is 0 Å². The normalized spacial score (nSPS) is 12.8. The molecule has 292 valence electrons. The Labute approximate surface area is 294 Å². The van der Waals surface area contributed by atoms with Crippen LogP contribution in [0.5, 0.6) is 0 Å². The number of hydrogen-bond donors (Lipinski definition) is 1. The zero-order valence-electron chi connectivity index (χ0n) is 33.1. The summed E-state index contributed by atoms with van der Waals surface area (Å²) in [6.45, 7) is 36.8. The molecule has 0 spiro atoms. The smallest absolute Gasteiger partial charge is 0.0707 e. The Morgan fingerprint density at radius 1 is 0.271 bits per heavy atom. The van der Waals surface area contributed by atoms with E-state index in [2.05, 4.69) is 26.1 Å². The molecule has 0 saturated heterocycles.